The first kappa shape index (κ1) is 12.2. The summed E-state index contributed by atoms with van der Waals surface area (Å²) in [4.78, 5) is 0. The lowest BCUT2D eigenvalue weighted by Crippen LogP contribution is -2.20. The van der Waals surface area contributed by atoms with Gasteiger partial charge in [-0.3, -0.25) is 0 Å². The molecule has 0 aromatic heterocycles. The lowest BCUT2D eigenvalue weighted by Gasteiger charge is -2.10. The van der Waals surface area contributed by atoms with Crippen LogP contribution in [-0.4, -0.2) is 20.4 Å². The maximum Gasteiger partial charge on any atom is 0.149 e. The second-order valence-corrected chi connectivity index (χ2v) is 5.98. The van der Waals surface area contributed by atoms with Gasteiger partial charge in [-0.15, -0.1) is 0 Å². The molecule has 0 aliphatic heterocycles. The summed E-state index contributed by atoms with van der Waals surface area (Å²) in [5, 5.41) is 0. The highest BCUT2D eigenvalue weighted by molar-refractivity contribution is 7.90. The van der Waals surface area contributed by atoms with Crippen molar-refractivity contribution >= 4 is 9.84 Å². The van der Waals surface area contributed by atoms with E-state index in [2.05, 4.69) is 6.92 Å². The number of benzene rings is 1. The molecule has 0 amide bonds. The van der Waals surface area contributed by atoms with E-state index in [9.17, 15) is 8.42 Å². The van der Waals surface area contributed by atoms with Crippen molar-refractivity contribution in [1.82, 2.24) is 0 Å². The van der Waals surface area contributed by atoms with Crippen LogP contribution >= 0.6 is 0 Å². The molecule has 4 heteroatoms. The minimum Gasteiger partial charge on any atom is -0.323 e. The molecular weight excluding hydrogens is 210 g/mol. The average molecular weight is 227 g/mol. The molecule has 1 unspecified atom stereocenters. The van der Waals surface area contributed by atoms with E-state index in [1.54, 1.807) is 0 Å². The number of hydrogen-bond donors (Lipinski definition) is 1. The molecule has 3 nitrogen and oxygen atoms in total. The van der Waals surface area contributed by atoms with Crippen LogP contribution in [0, 0.1) is 0 Å². The minimum absolute atomic E-state index is 0.00152. The Bertz CT molecular complexity index is 409. The lowest BCUT2D eigenvalue weighted by molar-refractivity contribution is 0.594. The summed E-state index contributed by atoms with van der Waals surface area (Å²) in [7, 11) is -3.01. The maximum absolute atomic E-state index is 11.1. The molecule has 1 aromatic rings. The van der Waals surface area contributed by atoms with E-state index in [4.69, 9.17) is 5.73 Å². The summed E-state index contributed by atoms with van der Waals surface area (Å²) in [5.41, 5.74) is 7.89. The lowest BCUT2D eigenvalue weighted by atomic mass is 10.1. The average Bonchev–Trinajstić information content (AvgIpc) is 2.15. The Hall–Kier alpha value is -0.870. The van der Waals surface area contributed by atoms with Crippen LogP contribution in [-0.2, 0) is 16.3 Å². The van der Waals surface area contributed by atoms with Gasteiger partial charge in [0.15, 0.2) is 0 Å². The molecule has 1 aromatic carbocycles. The van der Waals surface area contributed by atoms with Gasteiger partial charge < -0.3 is 5.73 Å². The van der Waals surface area contributed by atoms with E-state index in [0.29, 0.717) is 0 Å². The molecule has 0 spiro atoms. The molecule has 1 atom stereocenters. The number of sulfone groups is 1. The van der Waals surface area contributed by atoms with Crippen molar-refractivity contribution in [3.05, 3.63) is 35.4 Å². The highest BCUT2D eigenvalue weighted by Gasteiger charge is 2.12. The van der Waals surface area contributed by atoms with Crippen molar-refractivity contribution < 1.29 is 8.42 Å². The Balaban J connectivity index is 2.78. The summed E-state index contributed by atoms with van der Waals surface area (Å²) < 4.78 is 22.1. The van der Waals surface area contributed by atoms with Crippen LogP contribution in [0.25, 0.3) is 0 Å². The van der Waals surface area contributed by atoms with Gasteiger partial charge in [-0.1, -0.05) is 31.2 Å². The molecule has 15 heavy (non-hydrogen) atoms. The fourth-order valence-electron chi connectivity index (χ4n) is 1.42. The van der Waals surface area contributed by atoms with Crippen LogP contribution in [0.3, 0.4) is 0 Å². The SMILES string of the molecule is CCc1ccc(C(N)CS(C)(=O)=O)cc1. The number of nitrogens with two attached hydrogens (primary N) is 1. The molecule has 0 heterocycles. The zero-order valence-electron chi connectivity index (χ0n) is 9.10. The maximum atomic E-state index is 11.1. The molecule has 0 aliphatic carbocycles. The van der Waals surface area contributed by atoms with Crippen molar-refractivity contribution in [1.29, 1.82) is 0 Å². The van der Waals surface area contributed by atoms with Gasteiger partial charge in [-0.05, 0) is 17.5 Å². The zero-order valence-corrected chi connectivity index (χ0v) is 9.92. The quantitative estimate of drug-likeness (QED) is 0.843. The van der Waals surface area contributed by atoms with E-state index in [0.717, 1.165) is 12.0 Å². The standard InChI is InChI=1S/C11H17NO2S/c1-3-9-4-6-10(7-5-9)11(12)8-15(2,13)14/h4-7,11H,3,8,12H2,1-2H3. The molecule has 1 rings (SSSR count). The van der Waals surface area contributed by atoms with E-state index in [1.165, 1.54) is 11.8 Å². The highest BCUT2D eigenvalue weighted by atomic mass is 32.2. The fraction of sp³-hybridized carbons (Fsp3) is 0.455. The monoisotopic (exact) mass is 227 g/mol. The molecule has 0 fully saturated rings. The summed E-state index contributed by atoms with van der Waals surface area (Å²) in [6.45, 7) is 2.07. The third-order valence-corrected chi connectivity index (χ3v) is 3.26. The fourth-order valence-corrected chi connectivity index (χ4v) is 2.27. The van der Waals surface area contributed by atoms with E-state index < -0.39 is 15.9 Å². The Kier molecular flexibility index (Phi) is 3.88. The molecule has 0 bridgehead atoms. The van der Waals surface area contributed by atoms with Crippen LogP contribution in [0.5, 0.6) is 0 Å². The number of rotatable bonds is 4. The first-order chi connectivity index (χ1) is 6.92. The van der Waals surface area contributed by atoms with Crippen molar-refractivity contribution in [3.8, 4) is 0 Å². The van der Waals surface area contributed by atoms with Gasteiger partial charge in [0.2, 0.25) is 0 Å². The molecule has 0 radical (unpaired) electrons. The largest absolute Gasteiger partial charge is 0.323 e. The minimum atomic E-state index is -3.01. The molecule has 0 saturated carbocycles. The van der Waals surface area contributed by atoms with Gasteiger partial charge in [0.05, 0.1) is 5.75 Å². The Labute approximate surface area is 91.2 Å². The smallest absolute Gasteiger partial charge is 0.149 e. The van der Waals surface area contributed by atoms with Gasteiger partial charge in [-0.25, -0.2) is 8.42 Å². The van der Waals surface area contributed by atoms with Crippen molar-refractivity contribution in [2.45, 2.75) is 19.4 Å². The van der Waals surface area contributed by atoms with Crippen molar-refractivity contribution in [2.24, 2.45) is 5.73 Å². The van der Waals surface area contributed by atoms with Gasteiger partial charge in [0.25, 0.3) is 0 Å². The first-order valence-corrected chi connectivity index (χ1v) is 7.00. The Morgan fingerprint density at radius 2 is 1.80 bits per heavy atom. The van der Waals surface area contributed by atoms with Gasteiger partial charge in [0.1, 0.15) is 9.84 Å². The second-order valence-electron chi connectivity index (χ2n) is 3.79. The topological polar surface area (TPSA) is 60.2 Å². The first-order valence-electron chi connectivity index (χ1n) is 4.94. The molecule has 84 valence electrons. The van der Waals surface area contributed by atoms with Crippen LogP contribution < -0.4 is 5.73 Å². The van der Waals surface area contributed by atoms with Gasteiger partial charge in [-0.2, -0.15) is 0 Å². The van der Waals surface area contributed by atoms with Crippen molar-refractivity contribution in [3.63, 3.8) is 0 Å². The molecule has 0 aliphatic rings. The number of hydrogen-bond acceptors (Lipinski definition) is 3. The van der Waals surface area contributed by atoms with Crippen LogP contribution in [0.2, 0.25) is 0 Å². The molecule has 0 saturated heterocycles. The van der Waals surface area contributed by atoms with Gasteiger partial charge in [0, 0.05) is 12.3 Å². The molecular formula is C11H17NO2S. The zero-order chi connectivity index (χ0) is 11.5. The number of aryl methyl sites for hydroxylation is 1. The van der Waals surface area contributed by atoms with Gasteiger partial charge >= 0.3 is 0 Å². The van der Waals surface area contributed by atoms with E-state index >= 15 is 0 Å². The normalized spacial score (nSPS) is 13.8. The summed E-state index contributed by atoms with van der Waals surface area (Å²) in [5.74, 6) is -0.00152. The van der Waals surface area contributed by atoms with E-state index in [1.807, 2.05) is 24.3 Å². The predicted octanol–water partition coefficient (Wildman–Crippen LogP) is 1.29. The summed E-state index contributed by atoms with van der Waals surface area (Å²) in [6.07, 6.45) is 2.18. The van der Waals surface area contributed by atoms with E-state index in [-0.39, 0.29) is 5.75 Å². The van der Waals surface area contributed by atoms with Crippen LogP contribution in [0.15, 0.2) is 24.3 Å². The summed E-state index contributed by atoms with van der Waals surface area (Å²) >= 11 is 0. The predicted molar refractivity (Wildman–Crippen MR) is 62.5 cm³/mol. The summed E-state index contributed by atoms with van der Waals surface area (Å²) in [6, 6.07) is 7.34. The second kappa shape index (κ2) is 4.77. The third-order valence-electron chi connectivity index (χ3n) is 2.30. The molecule has 2 N–H and O–H groups in total. The Morgan fingerprint density at radius 1 is 1.27 bits per heavy atom. The third kappa shape index (κ3) is 4.01. The van der Waals surface area contributed by atoms with Crippen molar-refractivity contribution in [2.75, 3.05) is 12.0 Å². The van der Waals surface area contributed by atoms with Crippen LogP contribution in [0.1, 0.15) is 24.1 Å². The highest BCUT2D eigenvalue weighted by Crippen LogP contribution is 2.13. The Morgan fingerprint density at radius 3 is 2.20 bits per heavy atom. The van der Waals surface area contributed by atoms with Crippen LogP contribution in [0.4, 0.5) is 0 Å².